The van der Waals surface area contributed by atoms with E-state index in [2.05, 4.69) is 25.6 Å². The summed E-state index contributed by atoms with van der Waals surface area (Å²) < 4.78 is 97.7. The molecule has 22 heteroatoms. The summed E-state index contributed by atoms with van der Waals surface area (Å²) in [6.45, 7) is 1.22. The van der Waals surface area contributed by atoms with E-state index in [4.69, 9.17) is 0 Å². The second-order valence-corrected chi connectivity index (χ2v) is 20.6. The van der Waals surface area contributed by atoms with Crippen molar-refractivity contribution in [2.45, 2.75) is 45.6 Å². The summed E-state index contributed by atoms with van der Waals surface area (Å²) in [5.41, 5.74) is -3.71. The molecule has 61 heavy (non-hydrogen) atoms. The number of anilines is 3. The highest BCUT2D eigenvalue weighted by Crippen LogP contribution is 2.37. The molecule has 0 bridgehead atoms. The average molecular weight is 931 g/mol. The van der Waals surface area contributed by atoms with Crippen molar-refractivity contribution in [3.05, 3.63) is 113 Å². The molecule has 2 amide bonds. The summed E-state index contributed by atoms with van der Waals surface area (Å²) in [5, 5.41) is 7.86. The molecule has 1 aliphatic heterocycles. The normalized spacial score (nSPS) is 13.8. The molecule has 0 aliphatic carbocycles. The third kappa shape index (κ3) is 10.2. The Labute approximate surface area is 361 Å². The van der Waals surface area contributed by atoms with Gasteiger partial charge in [0.05, 0.1) is 20.8 Å². The number of rotatable bonds is 15. The van der Waals surface area contributed by atoms with Gasteiger partial charge in [0.1, 0.15) is 10.6 Å². The van der Waals surface area contributed by atoms with Gasteiger partial charge in [0.2, 0.25) is 0 Å². The first-order chi connectivity index (χ1) is 29.0. The summed E-state index contributed by atoms with van der Waals surface area (Å²) in [7, 11) is -7.37. The fourth-order valence-electron chi connectivity index (χ4n) is 6.38. The minimum atomic E-state index is -6.08. The molecule has 0 fully saturated rings. The van der Waals surface area contributed by atoms with Crippen LogP contribution in [0.3, 0.4) is 0 Å². The Bertz CT molecular complexity index is 2770. The molecule has 0 saturated carbocycles. The van der Waals surface area contributed by atoms with E-state index in [1.54, 1.807) is 30.6 Å². The molecule has 3 N–H and O–H groups in total. The number of amides is 2. The molecule has 7 rings (SSSR count). The molecule has 1 atom stereocenters. The Balaban J connectivity index is 1.08. The van der Waals surface area contributed by atoms with E-state index >= 15 is 0 Å². The van der Waals surface area contributed by atoms with Crippen LogP contribution in [0.4, 0.5) is 29.1 Å². The number of hydrogen-bond donors (Lipinski definition) is 3. The number of hydrogen-bond acceptors (Lipinski definition) is 15. The van der Waals surface area contributed by atoms with Crippen LogP contribution in [0, 0.1) is 0 Å². The number of carbonyl (C=O) groups excluding carboxylic acids is 2. The number of sulfone groups is 1. The fourth-order valence-corrected chi connectivity index (χ4v) is 11.0. The van der Waals surface area contributed by atoms with Crippen molar-refractivity contribution >= 4 is 92.3 Å². The number of thiazole rings is 2. The summed E-state index contributed by atoms with van der Waals surface area (Å²) >= 11 is 3.76. The number of fused-ring (bicyclic) bond motifs is 2. The molecular formula is C39H37F3N8O6S5. The molecule has 4 heterocycles. The van der Waals surface area contributed by atoms with Gasteiger partial charge in [-0.05, 0) is 87.1 Å². The van der Waals surface area contributed by atoms with Gasteiger partial charge in [-0.1, -0.05) is 41.7 Å². The van der Waals surface area contributed by atoms with Gasteiger partial charge in [-0.3, -0.25) is 19.9 Å². The van der Waals surface area contributed by atoms with Gasteiger partial charge in [-0.15, -0.1) is 23.1 Å². The van der Waals surface area contributed by atoms with E-state index in [-0.39, 0.29) is 18.1 Å². The van der Waals surface area contributed by atoms with E-state index in [1.807, 2.05) is 65.0 Å². The van der Waals surface area contributed by atoms with Crippen molar-refractivity contribution in [3.8, 4) is 0 Å². The number of nitrogens with zero attached hydrogens (tertiary/aromatic N) is 5. The maximum atomic E-state index is 14.1. The van der Waals surface area contributed by atoms with Crippen LogP contribution in [-0.2, 0) is 32.8 Å². The Kier molecular flexibility index (Phi) is 13.0. The lowest BCUT2D eigenvalue weighted by atomic mass is 9.94. The van der Waals surface area contributed by atoms with Crippen molar-refractivity contribution in [2.75, 3.05) is 48.5 Å². The second kappa shape index (κ2) is 18.1. The number of carbonyl (C=O) groups is 2. The SMILES string of the molecule is CN(C)CC[C@H](CSc1ccccc1)Nc1ccc(S(=O)(=O)NC(=O)c2csc(N3CCc4cccc(C(=O)Nc5nc6ccncc6s5)c4C3)n2)cc1S(=O)(=O)C(F)(F)F. The minimum absolute atomic E-state index is 0.243. The number of halogens is 3. The monoisotopic (exact) mass is 930 g/mol. The Morgan fingerprint density at radius 3 is 2.51 bits per heavy atom. The number of benzene rings is 3. The molecule has 14 nitrogen and oxygen atoms in total. The van der Waals surface area contributed by atoms with Gasteiger partial charge in [0, 0.05) is 53.1 Å². The maximum absolute atomic E-state index is 14.1. The first kappa shape index (κ1) is 43.9. The van der Waals surface area contributed by atoms with Crippen LogP contribution in [0.1, 0.15) is 38.4 Å². The molecule has 320 valence electrons. The van der Waals surface area contributed by atoms with Gasteiger partial charge >= 0.3 is 5.51 Å². The van der Waals surface area contributed by atoms with E-state index in [0.717, 1.165) is 44.2 Å². The summed E-state index contributed by atoms with van der Waals surface area (Å²) in [4.78, 5) is 42.1. The van der Waals surface area contributed by atoms with Gasteiger partial charge in [-0.25, -0.2) is 31.5 Å². The zero-order valence-corrected chi connectivity index (χ0v) is 36.4. The summed E-state index contributed by atoms with van der Waals surface area (Å²) in [5.74, 6) is -1.20. The highest BCUT2D eigenvalue weighted by atomic mass is 32.2. The van der Waals surface area contributed by atoms with Gasteiger partial charge in [-0.2, -0.15) is 13.2 Å². The zero-order chi connectivity index (χ0) is 43.5. The largest absolute Gasteiger partial charge is 0.501 e. The maximum Gasteiger partial charge on any atom is 0.501 e. The summed E-state index contributed by atoms with van der Waals surface area (Å²) in [6.07, 6.45) is 4.22. The fraction of sp³-hybridized carbons (Fsp3) is 0.256. The molecule has 0 saturated heterocycles. The molecule has 0 spiro atoms. The van der Waals surface area contributed by atoms with E-state index in [1.165, 1.54) is 28.5 Å². The van der Waals surface area contributed by atoms with Crippen LogP contribution >= 0.6 is 34.4 Å². The highest BCUT2D eigenvalue weighted by molar-refractivity contribution is 7.99. The third-order valence-corrected chi connectivity index (χ3v) is 15.3. The van der Waals surface area contributed by atoms with Crippen LogP contribution in [0.25, 0.3) is 10.2 Å². The molecule has 3 aromatic carbocycles. The van der Waals surface area contributed by atoms with Crippen LogP contribution in [0.5, 0.6) is 0 Å². The third-order valence-electron chi connectivity index (χ3n) is 9.49. The lowest BCUT2D eigenvalue weighted by molar-refractivity contribution is -0.0435. The molecule has 6 aromatic rings. The number of aromatic nitrogens is 3. The molecule has 3 aromatic heterocycles. The van der Waals surface area contributed by atoms with Gasteiger partial charge in [0.15, 0.2) is 10.3 Å². The molecule has 0 radical (unpaired) electrons. The van der Waals surface area contributed by atoms with Crippen molar-refractivity contribution in [1.29, 1.82) is 0 Å². The van der Waals surface area contributed by atoms with E-state index < -0.39 is 52.8 Å². The smallest absolute Gasteiger partial charge is 0.380 e. The standard InChI is InChI=1S/C39H37F3N8O6S5/c1-49(2)17-15-25(22-57-26-8-4-3-5-9-26)44-31-12-11-27(19-34(31)60(53,54)39(40,41)42)61(55,56)48-36(52)32-23-58-38(46-32)50-18-14-24-7-6-10-28(29(24)21-50)35(51)47-37-45-30-13-16-43-20-33(30)59-37/h3-13,16,19-20,23,25,44H,14-15,17-18,21-22H2,1-2H3,(H,48,52)(H,45,47,51)/t25-/m1/s1. The van der Waals surface area contributed by atoms with Gasteiger partial charge in [0.25, 0.3) is 31.7 Å². The van der Waals surface area contributed by atoms with Crippen LogP contribution in [0.15, 0.2) is 105 Å². The van der Waals surface area contributed by atoms with Crippen molar-refractivity contribution in [1.82, 2.24) is 24.6 Å². The zero-order valence-electron chi connectivity index (χ0n) is 32.3. The second-order valence-electron chi connectivity index (χ2n) is 14.0. The van der Waals surface area contributed by atoms with Crippen LogP contribution < -0.4 is 20.3 Å². The average Bonchev–Trinajstić information content (AvgIpc) is 3.89. The van der Waals surface area contributed by atoms with E-state index in [9.17, 15) is 39.6 Å². The quantitative estimate of drug-likeness (QED) is 0.0906. The molecular weight excluding hydrogens is 894 g/mol. The lowest BCUT2D eigenvalue weighted by Crippen LogP contribution is -2.33. The number of alkyl halides is 3. The van der Waals surface area contributed by atoms with Crippen LogP contribution in [0.2, 0.25) is 0 Å². The topological polar surface area (TPSA) is 184 Å². The Morgan fingerprint density at radius 2 is 1.77 bits per heavy atom. The minimum Gasteiger partial charge on any atom is -0.380 e. The first-order valence-corrected chi connectivity index (χ1v) is 24.1. The van der Waals surface area contributed by atoms with Crippen molar-refractivity contribution in [2.24, 2.45) is 0 Å². The number of nitrogens with one attached hydrogen (secondary N) is 3. The van der Waals surface area contributed by atoms with Gasteiger partial charge < -0.3 is 15.1 Å². The predicted octanol–water partition coefficient (Wildman–Crippen LogP) is 6.90. The lowest BCUT2D eigenvalue weighted by Gasteiger charge is -2.29. The number of thioether (sulfide) groups is 1. The number of pyridine rings is 1. The predicted molar refractivity (Wildman–Crippen MR) is 231 cm³/mol. The molecule has 1 aliphatic rings. The van der Waals surface area contributed by atoms with Crippen molar-refractivity contribution in [3.63, 3.8) is 0 Å². The number of sulfonamides is 1. The van der Waals surface area contributed by atoms with Crippen LogP contribution in [-0.4, -0.2) is 93.0 Å². The Morgan fingerprint density at radius 1 is 0.984 bits per heavy atom. The first-order valence-electron chi connectivity index (χ1n) is 18.4. The summed E-state index contributed by atoms with van der Waals surface area (Å²) in [6, 6.07) is 18.1. The molecule has 0 unspecified atom stereocenters. The van der Waals surface area contributed by atoms with Crippen molar-refractivity contribution < 1.29 is 39.6 Å². The van der Waals surface area contributed by atoms with E-state index in [0.29, 0.717) is 59.1 Å². The Hall–Kier alpha value is -5.13. The highest BCUT2D eigenvalue weighted by Gasteiger charge is 2.48.